The largest absolute Gasteiger partial charge is 0.373 e. The summed E-state index contributed by atoms with van der Waals surface area (Å²) in [6, 6.07) is 0.577. The molecule has 0 spiro atoms. The van der Waals surface area contributed by atoms with E-state index in [2.05, 4.69) is 39.9 Å². The van der Waals surface area contributed by atoms with Gasteiger partial charge in [-0.15, -0.1) is 0 Å². The molecule has 124 valence electrons. The molecule has 5 unspecified atom stereocenters. The van der Waals surface area contributed by atoms with Crippen LogP contribution in [0.25, 0.3) is 0 Å². The van der Waals surface area contributed by atoms with Crippen molar-refractivity contribution >= 4 is 0 Å². The van der Waals surface area contributed by atoms with E-state index in [9.17, 15) is 0 Å². The molecule has 2 aliphatic carbocycles. The van der Waals surface area contributed by atoms with E-state index in [1.807, 2.05) is 0 Å². The zero-order chi connectivity index (χ0) is 15.5. The minimum atomic E-state index is 0.422. The Hall–Kier alpha value is -0.0800. The third kappa shape index (κ3) is 4.96. The van der Waals surface area contributed by atoms with E-state index in [4.69, 9.17) is 4.74 Å². The molecule has 0 aromatic carbocycles. The van der Waals surface area contributed by atoms with Crippen LogP contribution in [0.4, 0.5) is 0 Å². The number of ether oxygens (including phenoxy) is 1. The lowest BCUT2D eigenvalue weighted by atomic mass is 9.73. The summed E-state index contributed by atoms with van der Waals surface area (Å²) in [5, 5.41) is 3.74. The second-order valence-corrected chi connectivity index (χ2v) is 8.53. The molecule has 0 heterocycles. The van der Waals surface area contributed by atoms with Gasteiger partial charge in [0.1, 0.15) is 0 Å². The minimum Gasteiger partial charge on any atom is -0.373 e. The van der Waals surface area contributed by atoms with E-state index < -0.39 is 0 Å². The molecule has 0 aromatic rings. The van der Waals surface area contributed by atoms with E-state index in [0.29, 0.717) is 23.7 Å². The number of nitrogens with one attached hydrogen (secondary N) is 1. The standard InChI is InChI=1S/C19H37NO/c1-6-11-20-17-9-10-19(4,5)13-18(17)21-16-8-7-14(2)15(3)12-16/h14-18,20H,6-13H2,1-5H3. The molecule has 0 aromatic heterocycles. The SMILES string of the molecule is CCCNC1CCC(C)(C)CC1OC1CCC(C)C(C)C1. The molecular formula is C19H37NO. The van der Waals surface area contributed by atoms with Gasteiger partial charge in [0.25, 0.3) is 0 Å². The maximum absolute atomic E-state index is 6.63. The van der Waals surface area contributed by atoms with Gasteiger partial charge in [-0.3, -0.25) is 0 Å². The monoisotopic (exact) mass is 295 g/mol. The first kappa shape index (κ1) is 17.3. The van der Waals surface area contributed by atoms with Crippen LogP contribution in [0.1, 0.15) is 79.6 Å². The average Bonchev–Trinajstić information content (AvgIpc) is 2.41. The Balaban J connectivity index is 1.92. The first-order chi connectivity index (χ1) is 9.91. The highest BCUT2D eigenvalue weighted by Gasteiger charge is 2.37. The summed E-state index contributed by atoms with van der Waals surface area (Å²) in [7, 11) is 0. The number of rotatable bonds is 5. The molecule has 0 aliphatic heterocycles. The zero-order valence-corrected chi connectivity index (χ0v) is 15.0. The molecule has 21 heavy (non-hydrogen) atoms. The third-order valence-corrected chi connectivity index (χ3v) is 5.91. The Morgan fingerprint density at radius 3 is 2.52 bits per heavy atom. The average molecular weight is 296 g/mol. The zero-order valence-electron chi connectivity index (χ0n) is 15.0. The summed E-state index contributed by atoms with van der Waals surface area (Å²) in [6.45, 7) is 13.0. The molecule has 2 heteroatoms. The van der Waals surface area contributed by atoms with Crippen LogP contribution in [0.3, 0.4) is 0 Å². The van der Waals surface area contributed by atoms with Crippen LogP contribution in [-0.4, -0.2) is 24.8 Å². The van der Waals surface area contributed by atoms with Gasteiger partial charge >= 0.3 is 0 Å². The highest BCUT2D eigenvalue weighted by Crippen LogP contribution is 2.39. The normalized spacial score (nSPS) is 40.1. The van der Waals surface area contributed by atoms with Crippen molar-refractivity contribution in [2.45, 2.75) is 97.8 Å². The van der Waals surface area contributed by atoms with Gasteiger partial charge in [0.2, 0.25) is 0 Å². The van der Waals surface area contributed by atoms with Gasteiger partial charge in [-0.25, -0.2) is 0 Å². The number of hydrogen-bond acceptors (Lipinski definition) is 2. The predicted octanol–water partition coefficient (Wildman–Crippen LogP) is 4.77. The van der Waals surface area contributed by atoms with Crippen molar-refractivity contribution in [1.29, 1.82) is 0 Å². The van der Waals surface area contributed by atoms with Crippen molar-refractivity contribution in [2.24, 2.45) is 17.3 Å². The molecular weight excluding hydrogens is 258 g/mol. The van der Waals surface area contributed by atoms with E-state index in [0.717, 1.165) is 18.4 Å². The number of hydrogen-bond donors (Lipinski definition) is 1. The van der Waals surface area contributed by atoms with Crippen molar-refractivity contribution < 1.29 is 4.74 Å². The van der Waals surface area contributed by atoms with Crippen LogP contribution >= 0.6 is 0 Å². The molecule has 0 radical (unpaired) electrons. The van der Waals surface area contributed by atoms with Gasteiger partial charge in [0.05, 0.1) is 12.2 Å². The summed E-state index contributed by atoms with van der Waals surface area (Å²) in [5.74, 6) is 1.70. The van der Waals surface area contributed by atoms with Crippen LogP contribution in [0.15, 0.2) is 0 Å². The highest BCUT2D eigenvalue weighted by molar-refractivity contribution is 4.91. The first-order valence-corrected chi connectivity index (χ1v) is 9.30. The maximum atomic E-state index is 6.63. The lowest BCUT2D eigenvalue weighted by molar-refractivity contribution is -0.0917. The van der Waals surface area contributed by atoms with E-state index in [1.165, 1.54) is 44.9 Å². The molecule has 5 atom stereocenters. The van der Waals surface area contributed by atoms with Gasteiger partial charge in [-0.05, 0) is 68.7 Å². The smallest absolute Gasteiger partial charge is 0.0736 e. The second-order valence-electron chi connectivity index (χ2n) is 8.53. The summed E-state index contributed by atoms with van der Waals surface area (Å²) in [5.41, 5.74) is 0.447. The Kier molecular flexibility index (Phi) is 6.14. The van der Waals surface area contributed by atoms with Crippen LogP contribution in [-0.2, 0) is 4.74 Å². The fourth-order valence-corrected chi connectivity index (χ4v) is 4.10. The predicted molar refractivity (Wildman–Crippen MR) is 90.6 cm³/mol. The fraction of sp³-hybridized carbons (Fsp3) is 1.00. The van der Waals surface area contributed by atoms with Crippen LogP contribution < -0.4 is 5.32 Å². The molecule has 0 bridgehead atoms. The van der Waals surface area contributed by atoms with Crippen LogP contribution in [0.5, 0.6) is 0 Å². The third-order valence-electron chi connectivity index (χ3n) is 5.91. The molecule has 0 amide bonds. The van der Waals surface area contributed by atoms with Crippen molar-refractivity contribution in [1.82, 2.24) is 5.32 Å². The minimum absolute atomic E-state index is 0.422. The molecule has 2 saturated carbocycles. The van der Waals surface area contributed by atoms with Crippen molar-refractivity contribution in [3.8, 4) is 0 Å². The molecule has 1 N–H and O–H groups in total. The Labute approximate surface area is 132 Å². The maximum Gasteiger partial charge on any atom is 0.0736 e. The molecule has 2 aliphatic rings. The van der Waals surface area contributed by atoms with E-state index in [1.54, 1.807) is 0 Å². The van der Waals surface area contributed by atoms with Gasteiger partial charge in [0, 0.05) is 6.04 Å². The Morgan fingerprint density at radius 2 is 1.86 bits per heavy atom. The summed E-state index contributed by atoms with van der Waals surface area (Å²) < 4.78 is 6.63. The lowest BCUT2D eigenvalue weighted by Crippen LogP contribution is -2.49. The summed E-state index contributed by atoms with van der Waals surface area (Å²) in [4.78, 5) is 0. The van der Waals surface area contributed by atoms with Crippen molar-refractivity contribution in [2.75, 3.05) is 6.54 Å². The van der Waals surface area contributed by atoms with Crippen molar-refractivity contribution in [3.05, 3.63) is 0 Å². The summed E-state index contributed by atoms with van der Waals surface area (Å²) >= 11 is 0. The first-order valence-electron chi connectivity index (χ1n) is 9.30. The van der Waals surface area contributed by atoms with Gasteiger partial charge in [-0.1, -0.05) is 34.6 Å². The van der Waals surface area contributed by atoms with Gasteiger partial charge in [-0.2, -0.15) is 0 Å². The quantitative estimate of drug-likeness (QED) is 0.788. The van der Waals surface area contributed by atoms with E-state index >= 15 is 0 Å². The van der Waals surface area contributed by atoms with E-state index in [-0.39, 0.29) is 0 Å². The fourth-order valence-electron chi connectivity index (χ4n) is 4.10. The molecule has 0 saturated heterocycles. The van der Waals surface area contributed by atoms with Gasteiger partial charge < -0.3 is 10.1 Å². The molecule has 2 rings (SSSR count). The summed E-state index contributed by atoms with van der Waals surface area (Å²) in [6.07, 6.45) is 9.82. The van der Waals surface area contributed by atoms with Crippen LogP contribution in [0.2, 0.25) is 0 Å². The Morgan fingerprint density at radius 1 is 1.10 bits per heavy atom. The molecule has 2 nitrogen and oxygen atoms in total. The Bertz CT molecular complexity index is 315. The van der Waals surface area contributed by atoms with Crippen LogP contribution in [0, 0.1) is 17.3 Å². The van der Waals surface area contributed by atoms with Crippen molar-refractivity contribution in [3.63, 3.8) is 0 Å². The van der Waals surface area contributed by atoms with Gasteiger partial charge in [0.15, 0.2) is 0 Å². The second kappa shape index (κ2) is 7.46. The lowest BCUT2D eigenvalue weighted by Gasteiger charge is -2.44. The molecule has 2 fully saturated rings. The highest BCUT2D eigenvalue weighted by atomic mass is 16.5. The topological polar surface area (TPSA) is 21.3 Å².